The van der Waals surface area contributed by atoms with Crippen LogP contribution in [0.5, 0.6) is 0 Å². The second-order valence-electron chi connectivity index (χ2n) is 11.3. The maximum Gasteiger partial charge on any atom is 0.227 e. The lowest BCUT2D eigenvalue weighted by molar-refractivity contribution is 0.282. The molecule has 0 saturated heterocycles. The molecule has 2 aromatic heterocycles. The zero-order chi connectivity index (χ0) is 29.2. The van der Waals surface area contributed by atoms with Crippen LogP contribution in [-0.2, 0) is 31.4 Å². The van der Waals surface area contributed by atoms with E-state index in [9.17, 15) is 10.4 Å². The third-order valence-electron chi connectivity index (χ3n) is 8.53. The Balaban J connectivity index is 1.24. The van der Waals surface area contributed by atoms with Crippen molar-refractivity contribution in [2.24, 2.45) is 7.05 Å². The highest BCUT2D eigenvalue weighted by molar-refractivity contribution is 8.00. The minimum atomic E-state index is -0.171. The van der Waals surface area contributed by atoms with Gasteiger partial charge in [-0.25, -0.2) is 9.97 Å². The van der Waals surface area contributed by atoms with Crippen molar-refractivity contribution in [2.75, 3.05) is 13.6 Å². The summed E-state index contributed by atoms with van der Waals surface area (Å²) in [6.45, 7) is 3.83. The number of aromatic nitrogens is 3. The van der Waals surface area contributed by atoms with Crippen molar-refractivity contribution >= 4 is 34.5 Å². The Morgan fingerprint density at radius 2 is 1.86 bits per heavy atom. The highest BCUT2D eigenvalue weighted by Crippen LogP contribution is 2.60. The molecule has 2 aliphatic rings. The molecule has 0 radical (unpaired) electrons. The number of fused-ring (bicyclic) bond motifs is 2. The van der Waals surface area contributed by atoms with Gasteiger partial charge in [0.05, 0.1) is 27.6 Å². The first-order valence-corrected chi connectivity index (χ1v) is 15.3. The number of oxazole rings is 1. The maximum atomic E-state index is 9.62. The van der Waals surface area contributed by atoms with E-state index in [1.807, 2.05) is 30.8 Å². The molecule has 1 fully saturated rings. The standard InChI is InChI=1S/C33H30ClN5O2S/c1-19-22(6-4-7-23(19)31-36-25-15-20(18-40)14-21(16-35)30(25)41-31)24-8-5-9-28(29(24)34)42-33(11-12-33)32-37-26-17-38(2)13-10-27(26)39(32)3/h4-9,14-15,40H,10-13,17-18H2,1-3H3. The average molecular weight is 596 g/mol. The summed E-state index contributed by atoms with van der Waals surface area (Å²) >= 11 is 9.01. The molecule has 1 N–H and O–H groups in total. The SMILES string of the molecule is Cc1c(-c2nc3cc(CO)cc(C#N)c3o2)cccc1-c1cccc(SC2(c3nc4c(n3C)CCN(C)C4)CC2)c1Cl. The maximum absolute atomic E-state index is 9.62. The van der Waals surface area contributed by atoms with E-state index in [4.69, 9.17) is 21.0 Å². The molecule has 1 saturated carbocycles. The normalized spacial score (nSPS) is 16.0. The van der Waals surface area contributed by atoms with Gasteiger partial charge in [-0.15, -0.1) is 11.8 Å². The van der Waals surface area contributed by atoms with E-state index >= 15 is 0 Å². The number of thioether (sulfide) groups is 1. The lowest BCUT2D eigenvalue weighted by atomic mass is 9.96. The fraction of sp³-hybridized carbons (Fsp3) is 0.303. The fourth-order valence-electron chi connectivity index (χ4n) is 6.10. The van der Waals surface area contributed by atoms with Gasteiger partial charge in [0.15, 0.2) is 5.58 Å². The van der Waals surface area contributed by atoms with Crippen molar-refractivity contribution in [1.82, 2.24) is 19.4 Å². The van der Waals surface area contributed by atoms with E-state index in [0.717, 1.165) is 70.3 Å². The summed E-state index contributed by atoms with van der Waals surface area (Å²) in [5.41, 5.74) is 8.27. The Labute approximate surface area is 253 Å². The molecule has 212 valence electrons. The smallest absolute Gasteiger partial charge is 0.227 e. The Bertz CT molecular complexity index is 1920. The molecule has 0 amide bonds. The van der Waals surface area contributed by atoms with E-state index in [-0.39, 0.29) is 11.4 Å². The molecular weight excluding hydrogens is 566 g/mol. The van der Waals surface area contributed by atoms with Crippen molar-refractivity contribution < 1.29 is 9.52 Å². The minimum absolute atomic E-state index is 0.0616. The monoisotopic (exact) mass is 595 g/mol. The van der Waals surface area contributed by atoms with Crippen LogP contribution in [0.1, 0.15) is 46.7 Å². The number of hydrogen-bond donors (Lipinski definition) is 1. The number of nitriles is 1. The largest absolute Gasteiger partial charge is 0.435 e. The first-order chi connectivity index (χ1) is 20.3. The zero-order valence-electron chi connectivity index (χ0n) is 23.7. The number of hydrogen-bond acceptors (Lipinski definition) is 7. The summed E-state index contributed by atoms with van der Waals surface area (Å²) in [5, 5.41) is 20.0. The fourth-order valence-corrected chi connectivity index (χ4v) is 7.79. The van der Waals surface area contributed by atoms with E-state index < -0.39 is 0 Å². The third kappa shape index (κ3) is 4.43. The highest BCUT2D eigenvalue weighted by atomic mass is 35.5. The van der Waals surface area contributed by atoms with Gasteiger partial charge in [0, 0.05) is 48.3 Å². The van der Waals surface area contributed by atoms with Gasteiger partial charge in [0.25, 0.3) is 0 Å². The average Bonchev–Trinajstić information content (AvgIpc) is 3.51. The molecule has 42 heavy (non-hydrogen) atoms. The topological polar surface area (TPSA) is 91.1 Å². The lowest BCUT2D eigenvalue weighted by Crippen LogP contribution is -2.27. The molecule has 0 spiro atoms. The van der Waals surface area contributed by atoms with Crippen LogP contribution in [0.15, 0.2) is 57.8 Å². The Hall–Kier alpha value is -3.61. The molecule has 7 rings (SSSR count). The Kier molecular flexibility index (Phi) is 6.67. The van der Waals surface area contributed by atoms with Crippen molar-refractivity contribution in [2.45, 2.75) is 49.0 Å². The Morgan fingerprint density at radius 3 is 2.62 bits per heavy atom. The number of aliphatic hydroxyl groups is 1. The summed E-state index contributed by atoms with van der Waals surface area (Å²) < 4.78 is 8.38. The summed E-state index contributed by atoms with van der Waals surface area (Å²) in [6, 6.07) is 17.8. The third-order valence-corrected chi connectivity index (χ3v) is 10.6. The second-order valence-corrected chi connectivity index (χ2v) is 13.2. The molecule has 1 aliphatic carbocycles. The van der Waals surface area contributed by atoms with Crippen molar-refractivity contribution in [3.8, 4) is 28.7 Å². The summed E-state index contributed by atoms with van der Waals surface area (Å²) in [4.78, 5) is 13.2. The highest BCUT2D eigenvalue weighted by Gasteiger charge is 2.50. The van der Waals surface area contributed by atoms with Gasteiger partial charge in [-0.2, -0.15) is 5.26 Å². The molecule has 7 nitrogen and oxygen atoms in total. The van der Waals surface area contributed by atoms with Crippen molar-refractivity contribution in [1.29, 1.82) is 5.26 Å². The van der Waals surface area contributed by atoms with Gasteiger partial charge in [-0.05, 0) is 67.8 Å². The van der Waals surface area contributed by atoms with Gasteiger partial charge in [-0.3, -0.25) is 0 Å². The van der Waals surface area contributed by atoms with Crippen LogP contribution in [0.4, 0.5) is 0 Å². The number of rotatable bonds is 6. The van der Waals surface area contributed by atoms with E-state index in [1.165, 1.54) is 11.4 Å². The van der Waals surface area contributed by atoms with Crippen molar-refractivity contribution in [3.05, 3.63) is 87.5 Å². The lowest BCUT2D eigenvalue weighted by Gasteiger charge is -2.22. The number of halogens is 1. The van der Waals surface area contributed by atoms with Crippen molar-refractivity contribution in [3.63, 3.8) is 0 Å². The first-order valence-electron chi connectivity index (χ1n) is 14.1. The molecule has 1 aliphatic heterocycles. The molecule has 0 unspecified atom stereocenters. The van der Waals surface area contributed by atoms with Crippen LogP contribution in [0.2, 0.25) is 5.02 Å². The number of nitrogens with zero attached hydrogens (tertiary/aromatic N) is 5. The number of benzene rings is 3. The predicted octanol–water partition coefficient (Wildman–Crippen LogP) is 6.99. The second kappa shape index (κ2) is 10.3. The van der Waals surface area contributed by atoms with Gasteiger partial charge in [-0.1, -0.05) is 35.9 Å². The molecule has 0 bridgehead atoms. The zero-order valence-corrected chi connectivity index (χ0v) is 25.3. The molecule has 0 atom stereocenters. The van der Waals surface area contributed by atoms with Gasteiger partial charge in [0.1, 0.15) is 17.4 Å². The predicted molar refractivity (Wildman–Crippen MR) is 165 cm³/mol. The van der Waals surface area contributed by atoms with Crippen LogP contribution in [-0.4, -0.2) is 38.1 Å². The van der Waals surface area contributed by atoms with E-state index in [1.54, 1.807) is 12.1 Å². The first kappa shape index (κ1) is 27.2. The summed E-state index contributed by atoms with van der Waals surface area (Å²) in [7, 11) is 4.32. The van der Waals surface area contributed by atoms with Gasteiger partial charge in [0.2, 0.25) is 5.89 Å². The molecular formula is C33H30ClN5O2S. The Morgan fingerprint density at radius 1 is 1.10 bits per heavy atom. The molecule has 3 heterocycles. The van der Waals surface area contributed by atoms with E-state index in [0.29, 0.717) is 28.1 Å². The van der Waals surface area contributed by atoms with E-state index in [2.05, 4.69) is 58.9 Å². The van der Waals surface area contributed by atoms with Crippen LogP contribution in [0, 0.1) is 18.3 Å². The van der Waals surface area contributed by atoms with Crippen LogP contribution >= 0.6 is 23.4 Å². The van der Waals surface area contributed by atoms with Crippen LogP contribution in [0.25, 0.3) is 33.7 Å². The minimum Gasteiger partial charge on any atom is -0.435 e. The summed E-state index contributed by atoms with van der Waals surface area (Å²) in [6.07, 6.45) is 3.18. The van der Waals surface area contributed by atoms with Gasteiger partial charge >= 0.3 is 0 Å². The van der Waals surface area contributed by atoms with Crippen LogP contribution < -0.4 is 0 Å². The van der Waals surface area contributed by atoms with Crippen LogP contribution in [0.3, 0.4) is 0 Å². The summed E-state index contributed by atoms with van der Waals surface area (Å²) in [5.74, 6) is 1.59. The number of likely N-dealkylation sites (N-methyl/N-ethyl adjacent to an activating group) is 1. The molecule has 5 aromatic rings. The van der Waals surface area contributed by atoms with Gasteiger partial charge < -0.3 is 19.0 Å². The number of imidazole rings is 1. The molecule has 9 heteroatoms. The number of aliphatic hydroxyl groups excluding tert-OH is 1. The quantitative estimate of drug-likeness (QED) is 0.226. The molecule has 3 aromatic carbocycles.